The summed E-state index contributed by atoms with van der Waals surface area (Å²) in [4.78, 5) is 0. The highest BCUT2D eigenvalue weighted by atomic mass is 35.5. The second kappa shape index (κ2) is 4.44. The molecule has 0 unspecified atom stereocenters. The summed E-state index contributed by atoms with van der Waals surface area (Å²) in [5.41, 5.74) is 0.352. The lowest BCUT2D eigenvalue weighted by molar-refractivity contribution is 0.208. The summed E-state index contributed by atoms with van der Waals surface area (Å²) in [6.45, 7) is 1.94. The molecule has 0 radical (unpaired) electrons. The average Bonchev–Trinajstić information content (AvgIpc) is 2.02. The minimum absolute atomic E-state index is 0.318. The number of hydrogen-bond donors (Lipinski definition) is 2. The molecule has 0 aliphatic heterocycles. The molecule has 1 aromatic rings. The number of benzene rings is 1. The predicted octanol–water partition coefficient (Wildman–Crippen LogP) is 2.27. The smallest absolute Gasteiger partial charge is 0.147 e. The van der Waals surface area contributed by atoms with Crippen LogP contribution in [-0.2, 0) is 0 Å². The maximum absolute atomic E-state index is 13.1. The molecule has 0 aliphatic rings. The summed E-state index contributed by atoms with van der Waals surface area (Å²) in [7, 11) is 0. The van der Waals surface area contributed by atoms with Crippen molar-refractivity contribution in [2.75, 3.05) is 11.9 Å². The fraction of sp³-hybridized carbons (Fsp3) is 0.333. The minimum Gasteiger partial charge on any atom is -0.392 e. The quantitative estimate of drug-likeness (QED) is 0.790. The van der Waals surface area contributed by atoms with E-state index in [2.05, 4.69) is 5.32 Å². The third-order valence-electron chi connectivity index (χ3n) is 1.52. The Balaban J connectivity index is 2.67. The van der Waals surface area contributed by atoms with Gasteiger partial charge in [-0.1, -0.05) is 11.6 Å². The van der Waals surface area contributed by atoms with Gasteiger partial charge in [0.25, 0.3) is 0 Å². The summed E-state index contributed by atoms with van der Waals surface area (Å²) in [5.74, 6) is -0.409. The van der Waals surface area contributed by atoms with Gasteiger partial charge in [0.05, 0.1) is 11.8 Å². The first-order valence-electron chi connectivity index (χ1n) is 3.96. The molecule has 0 spiro atoms. The van der Waals surface area contributed by atoms with Crippen LogP contribution in [0.3, 0.4) is 0 Å². The number of rotatable bonds is 3. The van der Waals surface area contributed by atoms with Gasteiger partial charge in [-0.15, -0.1) is 0 Å². The number of nitrogens with one attached hydrogen (secondary N) is 1. The van der Waals surface area contributed by atoms with Crippen LogP contribution in [0.15, 0.2) is 18.2 Å². The molecule has 0 saturated heterocycles. The topological polar surface area (TPSA) is 32.3 Å². The zero-order chi connectivity index (χ0) is 9.84. The Morgan fingerprint density at radius 2 is 2.31 bits per heavy atom. The Bertz CT molecular complexity index is 291. The summed E-state index contributed by atoms with van der Waals surface area (Å²) < 4.78 is 13.1. The van der Waals surface area contributed by atoms with Gasteiger partial charge in [-0.2, -0.15) is 0 Å². The molecule has 0 saturated carbocycles. The summed E-state index contributed by atoms with van der Waals surface area (Å²) in [5, 5.41) is 12.1. The van der Waals surface area contributed by atoms with E-state index in [1.165, 1.54) is 6.07 Å². The van der Waals surface area contributed by atoms with Crippen LogP contribution in [0, 0.1) is 5.82 Å². The molecule has 0 heterocycles. The van der Waals surface area contributed by atoms with Crippen molar-refractivity contribution in [1.82, 2.24) is 0 Å². The first-order chi connectivity index (χ1) is 6.09. The second-order valence-corrected chi connectivity index (χ2v) is 3.29. The molecule has 1 aromatic carbocycles. The highest BCUT2D eigenvalue weighted by Crippen LogP contribution is 2.18. The Morgan fingerprint density at radius 1 is 1.62 bits per heavy atom. The van der Waals surface area contributed by atoms with E-state index in [1.807, 2.05) is 0 Å². The zero-order valence-electron chi connectivity index (χ0n) is 7.22. The molecule has 4 heteroatoms. The van der Waals surface area contributed by atoms with Gasteiger partial charge in [0, 0.05) is 11.6 Å². The lowest BCUT2D eigenvalue weighted by Gasteiger charge is -2.08. The number of aliphatic hydroxyl groups excluding tert-OH is 1. The third-order valence-corrected chi connectivity index (χ3v) is 1.75. The minimum atomic E-state index is -0.505. The van der Waals surface area contributed by atoms with E-state index in [1.54, 1.807) is 19.1 Å². The van der Waals surface area contributed by atoms with Gasteiger partial charge in [-0.05, 0) is 25.1 Å². The van der Waals surface area contributed by atoms with Crippen LogP contribution >= 0.6 is 11.6 Å². The summed E-state index contributed by atoms with van der Waals surface area (Å²) in [6, 6.07) is 4.36. The molecule has 72 valence electrons. The van der Waals surface area contributed by atoms with Crippen molar-refractivity contribution < 1.29 is 9.50 Å². The molecule has 0 amide bonds. The lowest BCUT2D eigenvalue weighted by atomic mass is 10.3. The van der Waals surface area contributed by atoms with Crippen molar-refractivity contribution in [3.8, 4) is 0 Å². The number of anilines is 1. The van der Waals surface area contributed by atoms with E-state index in [9.17, 15) is 4.39 Å². The van der Waals surface area contributed by atoms with Crippen molar-refractivity contribution >= 4 is 17.3 Å². The van der Waals surface area contributed by atoms with E-state index in [4.69, 9.17) is 16.7 Å². The molecule has 2 nitrogen and oxygen atoms in total. The first kappa shape index (κ1) is 10.3. The van der Waals surface area contributed by atoms with E-state index >= 15 is 0 Å². The fourth-order valence-electron chi connectivity index (χ4n) is 0.891. The maximum Gasteiger partial charge on any atom is 0.147 e. The Labute approximate surface area is 81.3 Å². The van der Waals surface area contributed by atoms with E-state index in [-0.39, 0.29) is 0 Å². The highest BCUT2D eigenvalue weighted by molar-refractivity contribution is 6.30. The fourth-order valence-corrected chi connectivity index (χ4v) is 1.05. The van der Waals surface area contributed by atoms with Crippen LogP contribution < -0.4 is 5.32 Å². The predicted molar refractivity (Wildman–Crippen MR) is 51.6 cm³/mol. The average molecular weight is 204 g/mol. The van der Waals surface area contributed by atoms with Crippen LogP contribution in [0.5, 0.6) is 0 Å². The first-order valence-corrected chi connectivity index (χ1v) is 4.34. The zero-order valence-corrected chi connectivity index (χ0v) is 7.98. The van der Waals surface area contributed by atoms with E-state index < -0.39 is 11.9 Å². The highest BCUT2D eigenvalue weighted by Gasteiger charge is 2.02. The molecule has 2 N–H and O–H groups in total. The van der Waals surface area contributed by atoms with Gasteiger partial charge in [-0.3, -0.25) is 0 Å². The molecular formula is C9H11ClFNO. The number of aliphatic hydroxyl groups is 1. The molecule has 0 aliphatic carbocycles. The van der Waals surface area contributed by atoms with Gasteiger partial charge in [0.2, 0.25) is 0 Å². The van der Waals surface area contributed by atoms with Crippen LogP contribution in [0.2, 0.25) is 5.02 Å². The molecule has 13 heavy (non-hydrogen) atoms. The van der Waals surface area contributed by atoms with Crippen LogP contribution in [0.1, 0.15) is 6.92 Å². The van der Waals surface area contributed by atoms with Crippen molar-refractivity contribution in [3.63, 3.8) is 0 Å². The van der Waals surface area contributed by atoms with Crippen LogP contribution in [0.25, 0.3) is 0 Å². The molecule has 1 rings (SSSR count). The monoisotopic (exact) mass is 203 g/mol. The van der Waals surface area contributed by atoms with Crippen molar-refractivity contribution in [2.45, 2.75) is 13.0 Å². The molecular weight excluding hydrogens is 193 g/mol. The largest absolute Gasteiger partial charge is 0.392 e. The standard InChI is InChI=1S/C9H11ClFNO/c1-6(13)5-12-9-3-2-7(10)4-8(9)11/h2-4,6,12-13H,5H2,1H3/t6-/m0/s1. The summed E-state index contributed by atoms with van der Waals surface area (Å²) in [6.07, 6.45) is -0.505. The maximum atomic E-state index is 13.1. The summed E-state index contributed by atoms with van der Waals surface area (Å²) >= 11 is 5.56. The molecule has 0 bridgehead atoms. The van der Waals surface area contributed by atoms with E-state index in [0.717, 1.165) is 0 Å². The normalized spacial score (nSPS) is 12.6. The second-order valence-electron chi connectivity index (χ2n) is 2.85. The Kier molecular flexibility index (Phi) is 3.51. The van der Waals surface area contributed by atoms with Gasteiger partial charge in [0.15, 0.2) is 0 Å². The van der Waals surface area contributed by atoms with Crippen molar-refractivity contribution in [1.29, 1.82) is 0 Å². The molecule has 1 atom stereocenters. The Hall–Kier alpha value is -0.800. The van der Waals surface area contributed by atoms with Gasteiger partial charge in [0.1, 0.15) is 5.82 Å². The molecule has 0 aromatic heterocycles. The molecule has 0 fully saturated rings. The number of hydrogen-bond acceptors (Lipinski definition) is 2. The Morgan fingerprint density at radius 3 is 2.85 bits per heavy atom. The lowest BCUT2D eigenvalue weighted by Crippen LogP contribution is -2.15. The van der Waals surface area contributed by atoms with Gasteiger partial charge < -0.3 is 10.4 Å². The van der Waals surface area contributed by atoms with Crippen molar-refractivity contribution in [2.24, 2.45) is 0 Å². The van der Waals surface area contributed by atoms with Crippen molar-refractivity contribution in [3.05, 3.63) is 29.0 Å². The SMILES string of the molecule is C[C@H](O)CNc1ccc(Cl)cc1F. The number of halogens is 2. The van der Waals surface area contributed by atoms with Gasteiger partial charge >= 0.3 is 0 Å². The van der Waals surface area contributed by atoms with Gasteiger partial charge in [-0.25, -0.2) is 4.39 Å². The van der Waals surface area contributed by atoms with Crippen LogP contribution in [0.4, 0.5) is 10.1 Å². The third kappa shape index (κ3) is 3.20. The van der Waals surface area contributed by atoms with E-state index in [0.29, 0.717) is 17.3 Å². The van der Waals surface area contributed by atoms with Crippen LogP contribution in [-0.4, -0.2) is 17.8 Å².